The van der Waals surface area contributed by atoms with Crippen LogP contribution in [-0.2, 0) is 16.6 Å². The van der Waals surface area contributed by atoms with E-state index in [9.17, 15) is 8.42 Å². The summed E-state index contributed by atoms with van der Waals surface area (Å²) >= 11 is 0. The minimum atomic E-state index is -3.66. The molecule has 1 aliphatic rings. The molecule has 0 unspecified atom stereocenters. The van der Waals surface area contributed by atoms with Gasteiger partial charge in [-0.3, -0.25) is 0 Å². The normalized spacial score (nSPS) is 14.8. The van der Waals surface area contributed by atoms with Gasteiger partial charge < -0.3 is 10.2 Å². The summed E-state index contributed by atoms with van der Waals surface area (Å²) in [6, 6.07) is 6.52. The summed E-state index contributed by atoms with van der Waals surface area (Å²) in [5, 5.41) is 8.45. The van der Waals surface area contributed by atoms with Crippen LogP contribution < -0.4 is 15.4 Å². The highest BCUT2D eigenvalue weighted by Crippen LogP contribution is 2.22. The van der Waals surface area contributed by atoms with E-state index in [-0.39, 0.29) is 4.90 Å². The number of hydrogen-bond acceptors (Lipinski definition) is 6. The molecule has 3 N–H and O–H groups in total. The minimum absolute atomic E-state index is 0.113. The number of anilines is 2. The monoisotopic (exact) mass is 361 g/mol. The average Bonchev–Trinajstić information content (AvgIpc) is 3.10. The summed E-state index contributed by atoms with van der Waals surface area (Å²) in [6.07, 6.45) is 2.35. The molecule has 3 rings (SSSR count). The van der Waals surface area contributed by atoms with E-state index in [0.29, 0.717) is 6.54 Å². The van der Waals surface area contributed by atoms with E-state index >= 15 is 0 Å². The van der Waals surface area contributed by atoms with Gasteiger partial charge in [-0.05, 0) is 44.4 Å². The van der Waals surface area contributed by atoms with Gasteiger partial charge in [-0.2, -0.15) is 4.98 Å². The third-order valence-corrected chi connectivity index (χ3v) is 5.41. The fraction of sp³-hybridized carbons (Fsp3) is 0.412. The van der Waals surface area contributed by atoms with Crippen LogP contribution >= 0.6 is 0 Å². The Kier molecular flexibility index (Phi) is 4.91. The Morgan fingerprint density at radius 3 is 2.36 bits per heavy atom. The van der Waals surface area contributed by atoms with Crippen molar-refractivity contribution in [1.29, 1.82) is 0 Å². The van der Waals surface area contributed by atoms with E-state index in [4.69, 9.17) is 5.14 Å². The van der Waals surface area contributed by atoms with Gasteiger partial charge in [0.1, 0.15) is 5.82 Å². The number of primary sulfonamides is 1. The van der Waals surface area contributed by atoms with Gasteiger partial charge in [0.15, 0.2) is 0 Å². The van der Waals surface area contributed by atoms with Crippen LogP contribution in [0.25, 0.3) is 0 Å². The number of hydrogen-bond donors (Lipinski definition) is 2. The molecular weight excluding hydrogens is 338 g/mol. The zero-order valence-corrected chi connectivity index (χ0v) is 15.3. The molecule has 0 amide bonds. The molecule has 2 aromatic rings. The summed E-state index contributed by atoms with van der Waals surface area (Å²) in [6.45, 7) is 6.52. The zero-order valence-electron chi connectivity index (χ0n) is 14.5. The molecule has 1 saturated heterocycles. The van der Waals surface area contributed by atoms with Crippen LogP contribution in [0.4, 0.5) is 11.8 Å². The number of aromatic nitrogens is 2. The predicted octanol–water partition coefficient (Wildman–Crippen LogP) is 1.95. The second kappa shape index (κ2) is 6.97. The summed E-state index contributed by atoms with van der Waals surface area (Å²) in [4.78, 5) is 11.6. The second-order valence-electron chi connectivity index (χ2n) is 6.32. The lowest BCUT2D eigenvalue weighted by atomic mass is 10.2. The van der Waals surface area contributed by atoms with Crippen LogP contribution in [0.2, 0.25) is 0 Å². The van der Waals surface area contributed by atoms with E-state index < -0.39 is 10.0 Å². The lowest BCUT2D eigenvalue weighted by Gasteiger charge is -2.18. The number of benzene rings is 1. The van der Waals surface area contributed by atoms with Crippen molar-refractivity contribution in [3.63, 3.8) is 0 Å². The van der Waals surface area contributed by atoms with Crippen molar-refractivity contribution < 1.29 is 8.42 Å². The molecule has 2 heterocycles. The Labute approximate surface area is 148 Å². The van der Waals surface area contributed by atoms with Crippen LogP contribution in [0.5, 0.6) is 0 Å². The standard InChI is InChI=1S/C17H23N5O2S/c1-12-13(2)20-17(22-9-3-4-10-22)21-16(12)19-11-14-5-7-15(8-6-14)25(18,23)24/h5-8H,3-4,9-11H2,1-2H3,(H2,18,23,24)(H,19,20,21). The highest BCUT2D eigenvalue weighted by molar-refractivity contribution is 7.89. The highest BCUT2D eigenvalue weighted by atomic mass is 32.2. The van der Waals surface area contributed by atoms with Crippen LogP contribution in [0, 0.1) is 13.8 Å². The van der Waals surface area contributed by atoms with Gasteiger partial charge in [0.25, 0.3) is 0 Å². The van der Waals surface area contributed by atoms with Crippen LogP contribution in [0.1, 0.15) is 29.7 Å². The predicted molar refractivity (Wildman–Crippen MR) is 98.1 cm³/mol. The van der Waals surface area contributed by atoms with Crippen molar-refractivity contribution in [2.45, 2.75) is 38.1 Å². The maximum Gasteiger partial charge on any atom is 0.238 e. The van der Waals surface area contributed by atoms with Gasteiger partial charge in [0.05, 0.1) is 4.90 Å². The average molecular weight is 361 g/mol. The highest BCUT2D eigenvalue weighted by Gasteiger charge is 2.17. The van der Waals surface area contributed by atoms with E-state index in [1.807, 2.05) is 13.8 Å². The zero-order chi connectivity index (χ0) is 18.0. The topological polar surface area (TPSA) is 101 Å². The molecule has 0 bridgehead atoms. The van der Waals surface area contributed by atoms with Crippen molar-refractivity contribution in [2.24, 2.45) is 5.14 Å². The number of sulfonamides is 1. The molecule has 7 nitrogen and oxygen atoms in total. The Hall–Kier alpha value is -2.19. The quantitative estimate of drug-likeness (QED) is 0.844. The lowest BCUT2D eigenvalue weighted by Crippen LogP contribution is -2.22. The largest absolute Gasteiger partial charge is 0.366 e. The number of aryl methyl sites for hydroxylation is 1. The molecule has 134 valence electrons. The van der Waals surface area contributed by atoms with Crippen molar-refractivity contribution in [3.8, 4) is 0 Å². The summed E-state index contributed by atoms with van der Waals surface area (Å²) < 4.78 is 22.6. The lowest BCUT2D eigenvalue weighted by molar-refractivity contribution is 0.598. The number of nitrogens with one attached hydrogen (secondary N) is 1. The first-order valence-electron chi connectivity index (χ1n) is 8.30. The molecule has 1 aliphatic heterocycles. The molecule has 1 fully saturated rings. The number of nitrogens with two attached hydrogens (primary N) is 1. The van der Waals surface area contributed by atoms with Crippen molar-refractivity contribution in [3.05, 3.63) is 41.1 Å². The van der Waals surface area contributed by atoms with Crippen molar-refractivity contribution >= 4 is 21.8 Å². The molecule has 0 atom stereocenters. The molecule has 25 heavy (non-hydrogen) atoms. The molecule has 0 radical (unpaired) electrons. The maximum absolute atomic E-state index is 11.3. The maximum atomic E-state index is 11.3. The van der Waals surface area contributed by atoms with Gasteiger partial charge >= 0.3 is 0 Å². The Morgan fingerprint density at radius 1 is 1.12 bits per heavy atom. The van der Waals surface area contributed by atoms with Gasteiger partial charge in [-0.25, -0.2) is 18.5 Å². The molecule has 0 spiro atoms. The Balaban J connectivity index is 1.76. The Bertz CT molecular complexity index is 859. The summed E-state index contributed by atoms with van der Waals surface area (Å²) in [5.74, 6) is 1.58. The van der Waals surface area contributed by atoms with Crippen molar-refractivity contribution in [1.82, 2.24) is 9.97 Å². The SMILES string of the molecule is Cc1nc(N2CCCC2)nc(NCc2ccc(S(N)(=O)=O)cc2)c1C. The minimum Gasteiger partial charge on any atom is -0.366 e. The van der Waals surface area contributed by atoms with Crippen molar-refractivity contribution in [2.75, 3.05) is 23.3 Å². The number of nitrogens with zero attached hydrogens (tertiary/aromatic N) is 3. The molecular formula is C17H23N5O2S. The first-order valence-corrected chi connectivity index (χ1v) is 9.85. The van der Waals surface area contributed by atoms with Crippen LogP contribution in [0.3, 0.4) is 0 Å². The second-order valence-corrected chi connectivity index (χ2v) is 7.88. The van der Waals surface area contributed by atoms with Gasteiger partial charge in [-0.1, -0.05) is 12.1 Å². The molecule has 8 heteroatoms. The van der Waals surface area contributed by atoms with Gasteiger partial charge in [0.2, 0.25) is 16.0 Å². The molecule has 0 saturated carbocycles. The molecule has 1 aromatic heterocycles. The first kappa shape index (κ1) is 17.6. The van der Waals surface area contributed by atoms with Gasteiger partial charge in [-0.15, -0.1) is 0 Å². The van der Waals surface area contributed by atoms with E-state index in [1.54, 1.807) is 12.1 Å². The summed E-state index contributed by atoms with van der Waals surface area (Å²) in [5.41, 5.74) is 2.93. The smallest absolute Gasteiger partial charge is 0.238 e. The number of rotatable bonds is 5. The summed E-state index contributed by atoms with van der Waals surface area (Å²) in [7, 11) is -3.66. The van der Waals surface area contributed by atoms with E-state index in [0.717, 1.165) is 41.7 Å². The van der Waals surface area contributed by atoms with Crippen LogP contribution in [0.15, 0.2) is 29.2 Å². The fourth-order valence-corrected chi connectivity index (χ4v) is 3.34. The molecule has 1 aromatic carbocycles. The molecule has 0 aliphatic carbocycles. The van der Waals surface area contributed by atoms with Gasteiger partial charge in [0, 0.05) is 30.9 Å². The van der Waals surface area contributed by atoms with E-state index in [2.05, 4.69) is 20.2 Å². The van der Waals surface area contributed by atoms with Crippen LogP contribution in [-0.4, -0.2) is 31.5 Å². The van der Waals surface area contributed by atoms with E-state index in [1.165, 1.54) is 25.0 Å². The Morgan fingerprint density at radius 2 is 1.76 bits per heavy atom. The first-order chi connectivity index (χ1) is 11.8. The fourth-order valence-electron chi connectivity index (χ4n) is 2.83. The third-order valence-electron chi connectivity index (χ3n) is 4.48. The third kappa shape index (κ3) is 4.08.